The number of hydrogen-bond donors (Lipinski definition) is 0. The second-order valence-electron chi connectivity index (χ2n) is 8.70. The third-order valence-electron chi connectivity index (χ3n) is 6.72. The second kappa shape index (κ2) is 6.12. The highest BCUT2D eigenvalue weighted by Gasteiger charge is 2.59. The van der Waals surface area contributed by atoms with Crippen molar-refractivity contribution < 1.29 is 17.6 Å². The molecule has 2 heterocycles. The molecule has 0 N–H and O–H groups in total. The number of benzene rings is 2. The Bertz CT molecular complexity index is 1100. The minimum absolute atomic E-state index is 0.123. The van der Waals surface area contributed by atoms with Gasteiger partial charge in [0.2, 0.25) is 15.9 Å². The lowest BCUT2D eigenvalue weighted by Gasteiger charge is -2.34. The zero-order valence-corrected chi connectivity index (χ0v) is 17.1. The van der Waals surface area contributed by atoms with Gasteiger partial charge in [0.25, 0.3) is 0 Å². The fourth-order valence-corrected chi connectivity index (χ4v) is 6.78. The molecule has 2 fully saturated rings. The van der Waals surface area contributed by atoms with Crippen molar-refractivity contribution in [2.75, 3.05) is 13.1 Å². The Kier molecular flexibility index (Phi) is 3.96. The molecule has 5 nitrogen and oxygen atoms in total. The second-order valence-corrected chi connectivity index (χ2v) is 10.5. The molecule has 1 spiro atoms. The zero-order chi connectivity index (χ0) is 20.4. The number of rotatable bonds is 3. The predicted molar refractivity (Wildman–Crippen MR) is 106 cm³/mol. The summed E-state index contributed by atoms with van der Waals surface area (Å²) in [7, 11) is -3.71. The van der Waals surface area contributed by atoms with E-state index in [2.05, 4.69) is 0 Å². The third-order valence-corrected chi connectivity index (χ3v) is 8.70. The first-order chi connectivity index (χ1) is 13.8. The van der Waals surface area contributed by atoms with Gasteiger partial charge in [0.1, 0.15) is 5.82 Å². The normalized spacial score (nSPS) is 26.6. The highest BCUT2D eigenvalue weighted by molar-refractivity contribution is 7.89. The Morgan fingerprint density at radius 2 is 1.76 bits per heavy atom. The van der Waals surface area contributed by atoms with Crippen LogP contribution in [0, 0.1) is 11.2 Å². The van der Waals surface area contributed by atoms with Crippen molar-refractivity contribution in [1.82, 2.24) is 9.21 Å². The molecule has 2 aliphatic heterocycles. The molecule has 1 aliphatic carbocycles. The molecular weight excluding hydrogens is 391 g/mol. The van der Waals surface area contributed by atoms with E-state index in [9.17, 15) is 17.6 Å². The summed E-state index contributed by atoms with van der Waals surface area (Å²) in [5, 5.41) is 0. The fraction of sp³-hybridized carbons (Fsp3) is 0.409. The van der Waals surface area contributed by atoms with E-state index in [1.54, 1.807) is 24.3 Å². The van der Waals surface area contributed by atoms with Crippen LogP contribution >= 0.6 is 0 Å². The number of hydrogen-bond acceptors (Lipinski definition) is 3. The highest BCUT2D eigenvalue weighted by Crippen LogP contribution is 2.52. The summed E-state index contributed by atoms with van der Waals surface area (Å²) in [4.78, 5) is 15.1. The molecule has 0 bridgehead atoms. The van der Waals surface area contributed by atoms with Gasteiger partial charge < -0.3 is 4.90 Å². The van der Waals surface area contributed by atoms with Crippen LogP contribution in [0.4, 0.5) is 4.39 Å². The summed E-state index contributed by atoms with van der Waals surface area (Å²) in [5.74, 6) is -0.232. The van der Waals surface area contributed by atoms with Gasteiger partial charge in [0, 0.05) is 25.0 Å². The van der Waals surface area contributed by atoms with Gasteiger partial charge in [-0.25, -0.2) is 12.8 Å². The SMILES string of the molecule is CC1(C(=O)N2CC[C@@]3(C2)c2ccccc2S(=O)(=O)N3Cc2ccc(F)cc2)CC1. The molecule has 152 valence electrons. The molecule has 3 aliphatic rings. The Labute approximate surface area is 170 Å². The lowest BCUT2D eigenvalue weighted by Crippen LogP contribution is -2.46. The lowest BCUT2D eigenvalue weighted by atomic mass is 9.88. The molecule has 0 unspecified atom stereocenters. The van der Waals surface area contributed by atoms with Gasteiger partial charge >= 0.3 is 0 Å². The summed E-state index contributed by atoms with van der Waals surface area (Å²) >= 11 is 0. The van der Waals surface area contributed by atoms with Gasteiger partial charge in [-0.05, 0) is 48.6 Å². The van der Waals surface area contributed by atoms with Crippen molar-refractivity contribution in [1.29, 1.82) is 0 Å². The van der Waals surface area contributed by atoms with Crippen LogP contribution in [-0.4, -0.2) is 36.6 Å². The first-order valence-electron chi connectivity index (χ1n) is 9.93. The maximum absolute atomic E-state index is 13.5. The maximum Gasteiger partial charge on any atom is 0.244 e. The minimum atomic E-state index is -3.71. The Balaban J connectivity index is 1.57. The first-order valence-corrected chi connectivity index (χ1v) is 11.4. The molecule has 1 atom stereocenters. The Morgan fingerprint density at radius 1 is 1.07 bits per heavy atom. The standard InChI is InChI=1S/C22H23FN2O3S/c1-21(10-11-21)20(26)24-13-12-22(15-24)18-4-2-3-5-19(18)29(27,28)25(22)14-16-6-8-17(23)9-7-16/h2-9H,10-15H2,1H3/t22-/m1/s1. The van der Waals surface area contributed by atoms with Crippen LogP contribution in [0.5, 0.6) is 0 Å². The summed E-state index contributed by atoms with van der Waals surface area (Å²) in [5.41, 5.74) is 0.425. The Hall–Kier alpha value is -2.25. The van der Waals surface area contributed by atoms with Gasteiger partial charge in [0.05, 0.1) is 10.4 Å². The van der Waals surface area contributed by atoms with Gasteiger partial charge in [0.15, 0.2) is 0 Å². The van der Waals surface area contributed by atoms with Crippen LogP contribution in [0.15, 0.2) is 53.4 Å². The maximum atomic E-state index is 13.5. The first kappa shape index (κ1) is 18.8. The average Bonchev–Trinajstić information content (AvgIpc) is 3.26. The van der Waals surface area contributed by atoms with Crippen LogP contribution in [0.25, 0.3) is 0 Å². The summed E-state index contributed by atoms with van der Waals surface area (Å²) < 4.78 is 41.8. The number of carbonyl (C=O) groups is 1. The Morgan fingerprint density at radius 3 is 2.45 bits per heavy atom. The number of sulfonamides is 1. The molecule has 1 saturated heterocycles. The van der Waals surface area contributed by atoms with E-state index in [1.807, 2.05) is 24.0 Å². The largest absolute Gasteiger partial charge is 0.340 e. The molecule has 0 aromatic heterocycles. The van der Waals surface area contributed by atoms with Crippen LogP contribution in [-0.2, 0) is 26.9 Å². The van der Waals surface area contributed by atoms with Crippen molar-refractivity contribution in [3.05, 3.63) is 65.5 Å². The predicted octanol–water partition coefficient (Wildman–Crippen LogP) is 3.26. The molecular formula is C22H23FN2O3S. The highest BCUT2D eigenvalue weighted by atomic mass is 32.2. The van der Waals surface area contributed by atoms with Gasteiger partial charge in [-0.15, -0.1) is 0 Å². The molecule has 29 heavy (non-hydrogen) atoms. The number of halogens is 1. The van der Waals surface area contributed by atoms with E-state index in [-0.39, 0.29) is 23.7 Å². The van der Waals surface area contributed by atoms with Gasteiger partial charge in [-0.2, -0.15) is 4.31 Å². The van der Waals surface area contributed by atoms with Crippen LogP contribution in [0.1, 0.15) is 37.3 Å². The smallest absolute Gasteiger partial charge is 0.244 e. The summed E-state index contributed by atoms with van der Waals surface area (Å²) in [6.45, 7) is 3.03. The summed E-state index contributed by atoms with van der Waals surface area (Å²) in [6.07, 6.45) is 2.35. The van der Waals surface area contributed by atoms with Gasteiger partial charge in [-0.1, -0.05) is 37.3 Å². The molecule has 2 aromatic rings. The quantitative estimate of drug-likeness (QED) is 0.775. The lowest BCUT2D eigenvalue weighted by molar-refractivity contribution is -0.135. The molecule has 1 amide bonds. The van der Waals surface area contributed by atoms with E-state index in [1.165, 1.54) is 16.4 Å². The van der Waals surface area contributed by atoms with E-state index < -0.39 is 15.6 Å². The van der Waals surface area contributed by atoms with Crippen molar-refractivity contribution in [2.45, 2.75) is 43.2 Å². The van der Waals surface area contributed by atoms with Crippen molar-refractivity contribution in [2.24, 2.45) is 5.41 Å². The average molecular weight is 415 g/mol. The molecule has 7 heteroatoms. The van der Waals surface area contributed by atoms with E-state index in [4.69, 9.17) is 0 Å². The van der Waals surface area contributed by atoms with E-state index in [0.717, 1.165) is 24.0 Å². The van der Waals surface area contributed by atoms with Crippen LogP contribution < -0.4 is 0 Å². The number of nitrogens with zero attached hydrogens (tertiary/aromatic N) is 2. The van der Waals surface area contributed by atoms with Crippen molar-refractivity contribution >= 4 is 15.9 Å². The molecule has 0 radical (unpaired) electrons. The molecule has 5 rings (SSSR count). The van der Waals surface area contributed by atoms with Crippen LogP contribution in [0.3, 0.4) is 0 Å². The topological polar surface area (TPSA) is 57.7 Å². The van der Waals surface area contributed by atoms with Crippen molar-refractivity contribution in [3.8, 4) is 0 Å². The van der Waals surface area contributed by atoms with Gasteiger partial charge in [-0.3, -0.25) is 4.79 Å². The number of fused-ring (bicyclic) bond motifs is 2. The minimum Gasteiger partial charge on any atom is -0.340 e. The monoisotopic (exact) mass is 414 g/mol. The zero-order valence-electron chi connectivity index (χ0n) is 16.3. The summed E-state index contributed by atoms with van der Waals surface area (Å²) in [6, 6.07) is 13.0. The fourth-order valence-electron chi connectivity index (χ4n) is 4.72. The number of amides is 1. The third kappa shape index (κ3) is 2.74. The number of likely N-dealkylation sites (tertiary alicyclic amines) is 1. The van der Waals surface area contributed by atoms with Crippen molar-refractivity contribution in [3.63, 3.8) is 0 Å². The van der Waals surface area contributed by atoms with E-state index in [0.29, 0.717) is 24.4 Å². The molecule has 1 saturated carbocycles. The van der Waals surface area contributed by atoms with Crippen LogP contribution in [0.2, 0.25) is 0 Å². The molecule has 2 aromatic carbocycles. The number of carbonyl (C=O) groups excluding carboxylic acids is 1. The van der Waals surface area contributed by atoms with E-state index >= 15 is 0 Å².